The fourth-order valence-electron chi connectivity index (χ4n) is 4.23. The van der Waals surface area contributed by atoms with E-state index >= 15 is 8.78 Å². The first-order valence-electron chi connectivity index (χ1n) is 11.3. The molecular formula is C28H33F2NO3. The van der Waals surface area contributed by atoms with Crippen LogP contribution < -0.4 is 4.90 Å². The molecule has 182 valence electrons. The van der Waals surface area contributed by atoms with Crippen molar-refractivity contribution in [3.63, 3.8) is 0 Å². The van der Waals surface area contributed by atoms with E-state index in [1.807, 2.05) is 67.6 Å². The first-order chi connectivity index (χ1) is 16.3. The Hall–Kier alpha value is -2.80. The van der Waals surface area contributed by atoms with Crippen LogP contribution >= 0.6 is 0 Å². The molecule has 0 aliphatic rings. The Morgan fingerprint density at radius 2 is 1.24 bits per heavy atom. The third-order valence-electron chi connectivity index (χ3n) is 5.79. The van der Waals surface area contributed by atoms with Crippen LogP contribution in [0.1, 0.15) is 49.9 Å². The second kappa shape index (κ2) is 11.6. The fourth-order valence-corrected chi connectivity index (χ4v) is 4.23. The molecule has 0 radical (unpaired) electrons. The molecule has 34 heavy (non-hydrogen) atoms. The van der Waals surface area contributed by atoms with Crippen molar-refractivity contribution in [3.8, 4) is 0 Å². The normalized spacial score (nSPS) is 13.5. The minimum absolute atomic E-state index is 0.00740. The number of nitrogens with zero attached hydrogens (tertiary/aromatic N) is 1. The van der Waals surface area contributed by atoms with Crippen LogP contribution in [0.5, 0.6) is 0 Å². The van der Waals surface area contributed by atoms with Gasteiger partial charge in [-0.2, -0.15) is 0 Å². The molecule has 3 rings (SSSR count). The van der Waals surface area contributed by atoms with Crippen LogP contribution in [0.4, 0.5) is 14.5 Å². The molecule has 0 N–H and O–H groups in total. The molecule has 0 aliphatic carbocycles. The standard InChI is InChI=1S/C28H33F2NO3/c1-6-34-19-28(2,3)25-23(29)17-22(18-24(25)30)31(26(32-4)20-13-9-7-10-14-20)27(33-5)21-15-11-8-12-16-21/h7-18,26-27H,6,19H2,1-5H3. The van der Waals surface area contributed by atoms with Gasteiger partial charge in [0.15, 0.2) is 12.5 Å². The minimum Gasteiger partial charge on any atom is -0.381 e. The highest BCUT2D eigenvalue weighted by Gasteiger charge is 2.33. The van der Waals surface area contributed by atoms with E-state index < -0.39 is 29.5 Å². The molecule has 0 aliphatic heterocycles. The number of hydrogen-bond donors (Lipinski definition) is 0. The van der Waals surface area contributed by atoms with Crippen molar-refractivity contribution >= 4 is 5.69 Å². The van der Waals surface area contributed by atoms with Crippen molar-refractivity contribution in [2.45, 2.75) is 38.6 Å². The van der Waals surface area contributed by atoms with Crippen LogP contribution in [0.3, 0.4) is 0 Å². The summed E-state index contributed by atoms with van der Waals surface area (Å²) in [6.07, 6.45) is -1.32. The van der Waals surface area contributed by atoms with Gasteiger partial charge in [-0.3, -0.25) is 0 Å². The maximum absolute atomic E-state index is 15.5. The lowest BCUT2D eigenvalue weighted by Gasteiger charge is -2.39. The number of benzene rings is 3. The molecule has 0 amide bonds. The van der Waals surface area contributed by atoms with Crippen LogP contribution in [0.15, 0.2) is 72.8 Å². The summed E-state index contributed by atoms with van der Waals surface area (Å²) < 4.78 is 48.3. The van der Waals surface area contributed by atoms with Crippen molar-refractivity contribution in [1.82, 2.24) is 0 Å². The highest BCUT2D eigenvalue weighted by molar-refractivity contribution is 5.53. The number of ether oxygens (including phenoxy) is 3. The smallest absolute Gasteiger partial charge is 0.158 e. The van der Waals surface area contributed by atoms with E-state index in [-0.39, 0.29) is 12.2 Å². The average molecular weight is 470 g/mol. The minimum atomic E-state index is -0.840. The molecule has 0 spiro atoms. The van der Waals surface area contributed by atoms with Crippen LogP contribution in [0.2, 0.25) is 0 Å². The largest absolute Gasteiger partial charge is 0.381 e. The van der Waals surface area contributed by atoms with Crippen molar-refractivity contribution in [2.24, 2.45) is 0 Å². The number of hydrogen-bond acceptors (Lipinski definition) is 4. The van der Waals surface area contributed by atoms with Crippen LogP contribution in [-0.4, -0.2) is 27.4 Å². The van der Waals surface area contributed by atoms with E-state index in [2.05, 4.69) is 0 Å². The Balaban J connectivity index is 2.16. The lowest BCUT2D eigenvalue weighted by Crippen LogP contribution is -2.36. The van der Waals surface area contributed by atoms with E-state index in [1.165, 1.54) is 12.1 Å². The molecule has 3 aromatic carbocycles. The SMILES string of the molecule is CCOCC(C)(C)c1c(F)cc(N(C(OC)c2ccccc2)C(OC)c2ccccc2)cc1F. The monoisotopic (exact) mass is 469 g/mol. The van der Waals surface area contributed by atoms with Crippen LogP contribution in [0, 0.1) is 11.6 Å². The first kappa shape index (κ1) is 25.8. The van der Waals surface area contributed by atoms with Crippen molar-refractivity contribution in [1.29, 1.82) is 0 Å². The number of anilines is 1. The summed E-state index contributed by atoms with van der Waals surface area (Å²) in [5, 5.41) is 0. The number of halogens is 2. The Morgan fingerprint density at radius 1 is 0.794 bits per heavy atom. The summed E-state index contributed by atoms with van der Waals surface area (Å²) >= 11 is 0. The van der Waals surface area contributed by atoms with Gasteiger partial charge >= 0.3 is 0 Å². The zero-order valence-electron chi connectivity index (χ0n) is 20.4. The Morgan fingerprint density at radius 3 is 1.62 bits per heavy atom. The Labute approximate surface area is 201 Å². The van der Waals surface area contributed by atoms with Gasteiger partial charge < -0.3 is 19.1 Å². The van der Waals surface area contributed by atoms with Gasteiger partial charge in [-0.15, -0.1) is 0 Å². The van der Waals surface area contributed by atoms with Gasteiger partial charge in [0.2, 0.25) is 0 Å². The van der Waals surface area contributed by atoms with Crippen molar-refractivity contribution in [3.05, 3.63) is 101 Å². The summed E-state index contributed by atoms with van der Waals surface area (Å²) in [5.41, 5.74) is 1.10. The number of methoxy groups -OCH3 is 2. The van der Waals surface area contributed by atoms with Gasteiger partial charge in [0, 0.05) is 48.6 Å². The van der Waals surface area contributed by atoms with Crippen molar-refractivity contribution in [2.75, 3.05) is 32.3 Å². The van der Waals surface area contributed by atoms with Gasteiger partial charge in [-0.05, 0) is 19.1 Å². The molecule has 3 aromatic rings. The van der Waals surface area contributed by atoms with Gasteiger partial charge in [0.05, 0.1) is 6.61 Å². The van der Waals surface area contributed by atoms with Crippen LogP contribution in [0.25, 0.3) is 0 Å². The molecule has 2 unspecified atom stereocenters. The van der Waals surface area contributed by atoms with Crippen LogP contribution in [-0.2, 0) is 19.6 Å². The summed E-state index contributed by atoms with van der Waals surface area (Å²) in [7, 11) is 3.13. The maximum Gasteiger partial charge on any atom is 0.158 e. The summed E-state index contributed by atoms with van der Waals surface area (Å²) in [5.74, 6) is -1.29. The molecule has 2 atom stereocenters. The summed E-state index contributed by atoms with van der Waals surface area (Å²) in [6.45, 7) is 6.07. The van der Waals surface area contributed by atoms with E-state index in [0.717, 1.165) is 11.1 Å². The molecule has 0 bridgehead atoms. The lowest BCUT2D eigenvalue weighted by molar-refractivity contribution is 0.0239. The first-order valence-corrected chi connectivity index (χ1v) is 11.3. The average Bonchev–Trinajstić information content (AvgIpc) is 2.83. The van der Waals surface area contributed by atoms with Gasteiger partial charge in [0.1, 0.15) is 11.6 Å². The van der Waals surface area contributed by atoms with Gasteiger partial charge in [0.25, 0.3) is 0 Å². The molecule has 6 heteroatoms. The van der Waals surface area contributed by atoms with E-state index in [1.54, 1.807) is 33.0 Å². The highest BCUT2D eigenvalue weighted by atomic mass is 19.1. The van der Waals surface area contributed by atoms with Crippen molar-refractivity contribution < 1.29 is 23.0 Å². The third-order valence-corrected chi connectivity index (χ3v) is 5.79. The topological polar surface area (TPSA) is 30.9 Å². The zero-order valence-corrected chi connectivity index (χ0v) is 20.4. The zero-order chi connectivity index (χ0) is 24.7. The van der Waals surface area contributed by atoms with E-state index in [9.17, 15) is 0 Å². The summed E-state index contributed by atoms with van der Waals surface area (Å²) in [6, 6.07) is 21.7. The lowest BCUT2D eigenvalue weighted by atomic mass is 9.84. The summed E-state index contributed by atoms with van der Waals surface area (Å²) in [4.78, 5) is 1.75. The molecular weight excluding hydrogens is 436 g/mol. The maximum atomic E-state index is 15.5. The molecule has 0 aromatic heterocycles. The molecule has 0 fully saturated rings. The Bertz CT molecular complexity index is 974. The third kappa shape index (κ3) is 5.63. The molecule has 0 heterocycles. The number of rotatable bonds is 11. The van der Waals surface area contributed by atoms with E-state index in [4.69, 9.17) is 14.2 Å². The Kier molecular flexibility index (Phi) is 8.78. The predicted octanol–water partition coefficient (Wildman–Crippen LogP) is 6.78. The second-order valence-corrected chi connectivity index (χ2v) is 8.71. The molecule has 0 saturated carbocycles. The molecule has 4 nitrogen and oxygen atoms in total. The van der Waals surface area contributed by atoms with E-state index in [0.29, 0.717) is 12.3 Å². The fraction of sp³-hybridized carbons (Fsp3) is 0.357. The quantitative estimate of drug-likeness (QED) is 0.290. The molecule has 0 saturated heterocycles. The van der Waals surface area contributed by atoms with Gasteiger partial charge in [-0.25, -0.2) is 8.78 Å². The highest BCUT2D eigenvalue weighted by Crippen LogP contribution is 2.40. The second-order valence-electron chi connectivity index (χ2n) is 8.71. The predicted molar refractivity (Wildman–Crippen MR) is 131 cm³/mol. The van der Waals surface area contributed by atoms with Gasteiger partial charge in [-0.1, -0.05) is 74.5 Å².